The van der Waals surface area contributed by atoms with Crippen molar-refractivity contribution in [2.75, 3.05) is 0 Å². The van der Waals surface area contributed by atoms with Gasteiger partial charge in [0.25, 0.3) is 5.91 Å². The third-order valence-corrected chi connectivity index (χ3v) is 4.61. The Morgan fingerprint density at radius 3 is 2.61 bits per heavy atom. The van der Waals surface area contributed by atoms with E-state index < -0.39 is 0 Å². The molecule has 2 aromatic rings. The number of hydrogen-bond donors (Lipinski definition) is 0. The highest BCUT2D eigenvalue weighted by Gasteiger charge is 2.34. The number of nitrogens with zero attached hydrogens (tertiary/aromatic N) is 2. The minimum absolute atomic E-state index is 0.0116. The van der Waals surface area contributed by atoms with Gasteiger partial charge in [-0.15, -0.1) is 0 Å². The van der Waals surface area contributed by atoms with Gasteiger partial charge < -0.3 is 9.47 Å². The number of ketones is 1. The molecule has 0 saturated heterocycles. The van der Waals surface area contributed by atoms with Gasteiger partial charge in [0, 0.05) is 35.9 Å². The van der Waals surface area contributed by atoms with Crippen LogP contribution in [-0.2, 0) is 13.6 Å². The van der Waals surface area contributed by atoms with Gasteiger partial charge in [-0.1, -0.05) is 28.1 Å². The Kier molecular flexibility index (Phi) is 4.39. The first-order valence-corrected chi connectivity index (χ1v) is 8.47. The lowest BCUT2D eigenvalue weighted by Gasteiger charge is -2.23. The Morgan fingerprint density at radius 1 is 1.30 bits per heavy atom. The predicted octanol–water partition coefficient (Wildman–Crippen LogP) is 3.80. The number of rotatable bonds is 5. The summed E-state index contributed by atoms with van der Waals surface area (Å²) in [7, 11) is 1.81. The van der Waals surface area contributed by atoms with E-state index >= 15 is 0 Å². The zero-order chi connectivity index (χ0) is 16.6. The van der Waals surface area contributed by atoms with Crippen LogP contribution in [0.4, 0.5) is 0 Å². The van der Waals surface area contributed by atoms with Crippen LogP contribution < -0.4 is 0 Å². The van der Waals surface area contributed by atoms with Crippen LogP contribution >= 0.6 is 15.9 Å². The van der Waals surface area contributed by atoms with Crippen molar-refractivity contribution >= 4 is 27.6 Å². The van der Waals surface area contributed by atoms with E-state index in [1.165, 1.54) is 6.92 Å². The number of benzene rings is 1. The second kappa shape index (κ2) is 6.32. The molecule has 23 heavy (non-hydrogen) atoms. The van der Waals surface area contributed by atoms with Crippen LogP contribution in [0.15, 0.2) is 41.0 Å². The fraction of sp³-hybridized carbons (Fsp3) is 0.333. The van der Waals surface area contributed by atoms with Crippen molar-refractivity contribution in [2.45, 2.75) is 32.4 Å². The third-order valence-electron chi connectivity index (χ3n) is 4.12. The van der Waals surface area contributed by atoms with E-state index in [9.17, 15) is 9.59 Å². The average molecular weight is 375 g/mol. The SMILES string of the molecule is CC(=O)c1cc(C(=O)N(Cc2cccc(Br)c2)C2CC2)n(C)c1. The molecule has 0 bridgehead atoms. The van der Waals surface area contributed by atoms with Crippen molar-refractivity contribution in [2.24, 2.45) is 7.05 Å². The summed E-state index contributed by atoms with van der Waals surface area (Å²) in [5.74, 6) is -0.0351. The molecule has 1 fully saturated rings. The van der Waals surface area contributed by atoms with E-state index in [1.54, 1.807) is 16.8 Å². The van der Waals surface area contributed by atoms with E-state index in [1.807, 2.05) is 36.2 Å². The van der Waals surface area contributed by atoms with Gasteiger partial charge in [0.05, 0.1) is 0 Å². The first-order valence-electron chi connectivity index (χ1n) is 7.68. The van der Waals surface area contributed by atoms with E-state index in [0.29, 0.717) is 23.8 Å². The summed E-state index contributed by atoms with van der Waals surface area (Å²) in [5.41, 5.74) is 2.24. The van der Waals surface area contributed by atoms with Gasteiger partial charge in [-0.3, -0.25) is 9.59 Å². The summed E-state index contributed by atoms with van der Waals surface area (Å²) in [6, 6.07) is 10.0. The van der Waals surface area contributed by atoms with Crippen LogP contribution in [-0.4, -0.2) is 27.2 Å². The number of aryl methyl sites for hydroxylation is 1. The molecule has 0 atom stereocenters. The van der Waals surface area contributed by atoms with Crippen LogP contribution in [0.1, 0.15) is 46.2 Å². The monoisotopic (exact) mass is 374 g/mol. The lowest BCUT2D eigenvalue weighted by atomic mass is 10.2. The lowest BCUT2D eigenvalue weighted by molar-refractivity contribution is 0.0720. The number of carbonyl (C=O) groups excluding carboxylic acids is 2. The van der Waals surface area contributed by atoms with E-state index in [2.05, 4.69) is 15.9 Å². The maximum Gasteiger partial charge on any atom is 0.271 e. The number of halogens is 1. The van der Waals surface area contributed by atoms with Gasteiger partial charge in [0.15, 0.2) is 5.78 Å². The molecular weight excluding hydrogens is 356 g/mol. The van der Waals surface area contributed by atoms with Gasteiger partial charge in [-0.05, 0) is 43.5 Å². The molecule has 0 unspecified atom stereocenters. The molecule has 0 radical (unpaired) electrons. The lowest BCUT2D eigenvalue weighted by Crippen LogP contribution is -2.33. The van der Waals surface area contributed by atoms with Crippen molar-refractivity contribution in [3.8, 4) is 0 Å². The van der Waals surface area contributed by atoms with Crippen molar-refractivity contribution in [3.63, 3.8) is 0 Å². The van der Waals surface area contributed by atoms with Crippen LogP contribution in [0.25, 0.3) is 0 Å². The second-order valence-electron chi connectivity index (χ2n) is 6.08. The number of aromatic nitrogens is 1. The van der Waals surface area contributed by atoms with Gasteiger partial charge in [0.2, 0.25) is 0 Å². The molecule has 4 nitrogen and oxygen atoms in total. The largest absolute Gasteiger partial charge is 0.346 e. The Morgan fingerprint density at radius 2 is 2.04 bits per heavy atom. The summed E-state index contributed by atoms with van der Waals surface area (Å²) in [5, 5.41) is 0. The fourth-order valence-electron chi connectivity index (χ4n) is 2.70. The Bertz CT molecular complexity index is 762. The summed E-state index contributed by atoms with van der Waals surface area (Å²) >= 11 is 3.47. The van der Waals surface area contributed by atoms with Crippen LogP contribution in [0.3, 0.4) is 0 Å². The molecule has 1 saturated carbocycles. The summed E-state index contributed by atoms with van der Waals surface area (Å²) in [4.78, 5) is 26.4. The van der Waals surface area contributed by atoms with Crippen LogP contribution in [0, 0.1) is 0 Å². The highest BCUT2D eigenvalue weighted by atomic mass is 79.9. The van der Waals surface area contributed by atoms with E-state index in [-0.39, 0.29) is 11.7 Å². The van der Waals surface area contributed by atoms with Crippen molar-refractivity contribution in [1.82, 2.24) is 9.47 Å². The molecule has 0 aliphatic heterocycles. The van der Waals surface area contributed by atoms with Gasteiger partial charge in [0.1, 0.15) is 5.69 Å². The normalized spacial score (nSPS) is 13.9. The molecule has 1 amide bonds. The molecule has 0 spiro atoms. The predicted molar refractivity (Wildman–Crippen MR) is 92.5 cm³/mol. The Hall–Kier alpha value is -1.88. The zero-order valence-corrected chi connectivity index (χ0v) is 14.8. The molecule has 0 N–H and O–H groups in total. The van der Waals surface area contributed by atoms with E-state index in [4.69, 9.17) is 0 Å². The number of Topliss-reactive ketones (excluding diaryl/α,β-unsaturated/α-hetero) is 1. The molecule has 1 aliphatic carbocycles. The van der Waals surface area contributed by atoms with Crippen LogP contribution in [0.5, 0.6) is 0 Å². The molecular formula is C18H19BrN2O2. The first kappa shape index (κ1) is 16.0. The second-order valence-corrected chi connectivity index (χ2v) is 6.99. The van der Waals surface area contributed by atoms with E-state index in [0.717, 1.165) is 22.9 Å². The maximum absolute atomic E-state index is 13.0. The third kappa shape index (κ3) is 3.55. The fourth-order valence-corrected chi connectivity index (χ4v) is 3.15. The summed E-state index contributed by atoms with van der Waals surface area (Å²) in [6.45, 7) is 2.10. The minimum atomic E-state index is -0.0235. The smallest absolute Gasteiger partial charge is 0.271 e. The van der Waals surface area contributed by atoms with Gasteiger partial charge in [-0.2, -0.15) is 0 Å². The summed E-state index contributed by atoms with van der Waals surface area (Å²) < 4.78 is 2.76. The molecule has 120 valence electrons. The average Bonchev–Trinajstić information content (AvgIpc) is 3.26. The topological polar surface area (TPSA) is 42.3 Å². The summed E-state index contributed by atoms with van der Waals surface area (Å²) in [6.07, 6.45) is 3.81. The number of hydrogen-bond acceptors (Lipinski definition) is 2. The van der Waals surface area contributed by atoms with Gasteiger partial charge >= 0.3 is 0 Å². The standard InChI is InChI=1S/C18H19BrN2O2/c1-12(22)14-9-17(20(2)11-14)18(23)21(16-6-7-16)10-13-4-3-5-15(19)8-13/h3-5,8-9,11,16H,6-7,10H2,1-2H3. The highest BCUT2D eigenvalue weighted by Crippen LogP contribution is 2.30. The van der Waals surface area contributed by atoms with Crippen LogP contribution in [0.2, 0.25) is 0 Å². The van der Waals surface area contributed by atoms with Crippen molar-refractivity contribution in [3.05, 3.63) is 57.8 Å². The molecule has 1 aromatic carbocycles. The minimum Gasteiger partial charge on any atom is -0.346 e. The molecule has 1 heterocycles. The number of carbonyl (C=O) groups is 2. The highest BCUT2D eigenvalue weighted by molar-refractivity contribution is 9.10. The zero-order valence-electron chi connectivity index (χ0n) is 13.3. The van der Waals surface area contributed by atoms with Crippen molar-refractivity contribution in [1.29, 1.82) is 0 Å². The number of amides is 1. The maximum atomic E-state index is 13.0. The Balaban J connectivity index is 1.86. The quantitative estimate of drug-likeness (QED) is 0.747. The Labute approximate surface area is 144 Å². The first-order chi connectivity index (χ1) is 11.0. The molecule has 5 heteroatoms. The van der Waals surface area contributed by atoms with Crippen molar-refractivity contribution < 1.29 is 9.59 Å². The molecule has 3 rings (SSSR count). The van der Waals surface area contributed by atoms with Gasteiger partial charge in [-0.25, -0.2) is 0 Å². The molecule has 1 aliphatic rings. The molecule has 1 aromatic heterocycles.